The third kappa shape index (κ3) is 7.00. The summed E-state index contributed by atoms with van der Waals surface area (Å²) in [4.78, 5) is 29.9. The van der Waals surface area contributed by atoms with E-state index >= 15 is 0 Å². The highest BCUT2D eigenvalue weighted by Gasteiger charge is 1.98. The molecular formula is C20H18N6O4. The van der Waals surface area contributed by atoms with Crippen molar-refractivity contribution < 1.29 is 9.47 Å². The van der Waals surface area contributed by atoms with Crippen molar-refractivity contribution in [1.29, 1.82) is 0 Å². The molecule has 0 amide bonds. The smallest absolute Gasteiger partial charge is 0.267 e. The standard InChI is InChI=1S/2C10H9N3O2/c2*14-10-5-9(6-12-13-10)15-7-8-3-1-2-4-11-8/h2*1-6H,7H2,(H,13,14). The van der Waals surface area contributed by atoms with Gasteiger partial charge in [-0.05, 0) is 24.3 Å². The molecule has 0 aliphatic heterocycles. The van der Waals surface area contributed by atoms with Gasteiger partial charge in [0, 0.05) is 24.5 Å². The molecule has 2 N–H and O–H groups in total. The molecule has 152 valence electrons. The van der Waals surface area contributed by atoms with Crippen molar-refractivity contribution in [3.8, 4) is 11.5 Å². The molecule has 4 aromatic heterocycles. The van der Waals surface area contributed by atoms with E-state index in [-0.39, 0.29) is 11.1 Å². The molecule has 0 aromatic carbocycles. The summed E-state index contributed by atoms with van der Waals surface area (Å²) in [6, 6.07) is 13.8. The molecule has 0 spiro atoms. The van der Waals surface area contributed by atoms with Crippen molar-refractivity contribution in [3.05, 3.63) is 105 Å². The van der Waals surface area contributed by atoms with Gasteiger partial charge in [-0.1, -0.05) is 12.1 Å². The third-order valence-corrected chi connectivity index (χ3v) is 3.51. The fourth-order valence-electron chi connectivity index (χ4n) is 2.16. The molecule has 0 aliphatic carbocycles. The van der Waals surface area contributed by atoms with E-state index < -0.39 is 0 Å². The normalized spacial score (nSPS) is 9.87. The summed E-state index contributed by atoms with van der Waals surface area (Å²) in [5, 5.41) is 11.8. The molecule has 10 heteroatoms. The monoisotopic (exact) mass is 406 g/mol. The SMILES string of the molecule is O=c1cc(OCc2ccccn2)cn[nH]1.O=c1cc(OCc2ccccn2)cn[nH]1. The van der Waals surface area contributed by atoms with Gasteiger partial charge in [0.25, 0.3) is 11.1 Å². The minimum atomic E-state index is -0.284. The van der Waals surface area contributed by atoms with Gasteiger partial charge in [-0.2, -0.15) is 10.2 Å². The van der Waals surface area contributed by atoms with Crippen LogP contribution in [0.2, 0.25) is 0 Å². The predicted octanol–water partition coefficient (Wildman–Crippen LogP) is 1.49. The first-order valence-corrected chi connectivity index (χ1v) is 8.84. The fraction of sp³-hybridized carbons (Fsp3) is 0.100. The summed E-state index contributed by atoms with van der Waals surface area (Å²) in [7, 11) is 0. The molecule has 4 heterocycles. The molecule has 0 saturated heterocycles. The van der Waals surface area contributed by atoms with Crippen LogP contribution in [0.3, 0.4) is 0 Å². The second-order valence-corrected chi connectivity index (χ2v) is 5.78. The summed E-state index contributed by atoms with van der Waals surface area (Å²) >= 11 is 0. The Bertz CT molecular complexity index is 1060. The van der Waals surface area contributed by atoms with E-state index in [0.29, 0.717) is 24.7 Å². The Labute approximate surface area is 170 Å². The van der Waals surface area contributed by atoms with Crippen LogP contribution in [0.4, 0.5) is 0 Å². The number of H-pyrrole nitrogens is 2. The van der Waals surface area contributed by atoms with E-state index in [1.54, 1.807) is 12.4 Å². The van der Waals surface area contributed by atoms with E-state index in [9.17, 15) is 9.59 Å². The van der Waals surface area contributed by atoms with Crippen molar-refractivity contribution >= 4 is 0 Å². The van der Waals surface area contributed by atoms with Crippen molar-refractivity contribution in [3.63, 3.8) is 0 Å². The van der Waals surface area contributed by atoms with Gasteiger partial charge < -0.3 is 9.47 Å². The maximum atomic E-state index is 10.9. The lowest BCUT2D eigenvalue weighted by molar-refractivity contribution is 0.299. The topological polar surface area (TPSA) is 136 Å². The molecule has 0 atom stereocenters. The molecule has 0 fully saturated rings. The highest BCUT2D eigenvalue weighted by molar-refractivity contribution is 5.15. The maximum absolute atomic E-state index is 10.9. The highest BCUT2D eigenvalue weighted by atomic mass is 16.5. The lowest BCUT2D eigenvalue weighted by Gasteiger charge is -2.03. The van der Waals surface area contributed by atoms with E-state index in [0.717, 1.165) is 11.4 Å². The fourth-order valence-corrected chi connectivity index (χ4v) is 2.16. The van der Waals surface area contributed by atoms with E-state index in [2.05, 4.69) is 30.4 Å². The minimum Gasteiger partial charge on any atom is -0.485 e. The van der Waals surface area contributed by atoms with Gasteiger partial charge in [0.05, 0.1) is 23.8 Å². The van der Waals surface area contributed by atoms with Crippen LogP contribution in [0, 0.1) is 0 Å². The van der Waals surface area contributed by atoms with E-state index in [1.165, 1.54) is 24.5 Å². The zero-order valence-corrected chi connectivity index (χ0v) is 15.8. The first kappa shape index (κ1) is 20.4. The number of aromatic amines is 2. The Hall–Kier alpha value is -4.34. The van der Waals surface area contributed by atoms with Gasteiger partial charge in [-0.15, -0.1) is 0 Å². The number of aromatic nitrogens is 6. The Morgan fingerprint density at radius 2 is 1.17 bits per heavy atom. The largest absolute Gasteiger partial charge is 0.485 e. The lowest BCUT2D eigenvalue weighted by Crippen LogP contribution is -2.07. The van der Waals surface area contributed by atoms with Crippen LogP contribution in [-0.4, -0.2) is 30.4 Å². The number of nitrogens with one attached hydrogen (secondary N) is 2. The quantitative estimate of drug-likeness (QED) is 0.491. The van der Waals surface area contributed by atoms with Crippen LogP contribution in [0.15, 0.2) is 82.9 Å². The summed E-state index contributed by atoms with van der Waals surface area (Å²) in [5.41, 5.74) is 1.04. The number of nitrogens with zero attached hydrogens (tertiary/aromatic N) is 4. The average molecular weight is 406 g/mol. The predicted molar refractivity (Wildman–Crippen MR) is 107 cm³/mol. The lowest BCUT2D eigenvalue weighted by atomic mass is 10.4. The Morgan fingerprint density at radius 3 is 1.53 bits per heavy atom. The molecule has 4 rings (SSSR count). The molecule has 0 unspecified atom stereocenters. The van der Waals surface area contributed by atoms with Crippen LogP contribution in [0.1, 0.15) is 11.4 Å². The number of hydrogen-bond acceptors (Lipinski definition) is 8. The average Bonchev–Trinajstić information content (AvgIpc) is 2.78. The van der Waals surface area contributed by atoms with Crippen LogP contribution >= 0.6 is 0 Å². The second kappa shape index (κ2) is 10.9. The van der Waals surface area contributed by atoms with Crippen molar-refractivity contribution in [2.75, 3.05) is 0 Å². The van der Waals surface area contributed by atoms with Gasteiger partial charge in [-0.3, -0.25) is 19.6 Å². The third-order valence-electron chi connectivity index (χ3n) is 3.51. The van der Waals surface area contributed by atoms with Crippen LogP contribution < -0.4 is 20.6 Å². The summed E-state index contributed by atoms with van der Waals surface area (Å²) in [6.45, 7) is 0.651. The van der Waals surface area contributed by atoms with Gasteiger partial charge in [0.1, 0.15) is 24.7 Å². The minimum absolute atomic E-state index is 0.284. The first-order chi connectivity index (χ1) is 14.7. The molecular weight excluding hydrogens is 388 g/mol. The molecule has 10 nitrogen and oxygen atoms in total. The Balaban J connectivity index is 0.000000171. The number of pyridine rings is 2. The second-order valence-electron chi connectivity index (χ2n) is 5.78. The zero-order valence-electron chi connectivity index (χ0n) is 15.8. The Morgan fingerprint density at radius 1 is 0.700 bits per heavy atom. The van der Waals surface area contributed by atoms with Gasteiger partial charge >= 0.3 is 0 Å². The number of ether oxygens (including phenoxy) is 2. The van der Waals surface area contributed by atoms with E-state index in [4.69, 9.17) is 9.47 Å². The van der Waals surface area contributed by atoms with Crippen molar-refractivity contribution in [1.82, 2.24) is 30.4 Å². The van der Waals surface area contributed by atoms with Gasteiger partial charge in [0.2, 0.25) is 0 Å². The molecule has 0 aliphatic rings. The van der Waals surface area contributed by atoms with Gasteiger partial charge in [0.15, 0.2) is 0 Å². The molecule has 0 radical (unpaired) electrons. The van der Waals surface area contributed by atoms with E-state index in [1.807, 2.05) is 36.4 Å². The molecule has 4 aromatic rings. The number of hydrogen-bond donors (Lipinski definition) is 2. The van der Waals surface area contributed by atoms with Gasteiger partial charge in [-0.25, -0.2) is 10.2 Å². The first-order valence-electron chi connectivity index (χ1n) is 8.84. The highest BCUT2D eigenvalue weighted by Crippen LogP contribution is 2.06. The zero-order chi connectivity index (χ0) is 21.0. The number of rotatable bonds is 6. The van der Waals surface area contributed by atoms with Crippen LogP contribution in [-0.2, 0) is 13.2 Å². The van der Waals surface area contributed by atoms with Crippen LogP contribution in [0.25, 0.3) is 0 Å². The van der Waals surface area contributed by atoms with Crippen molar-refractivity contribution in [2.45, 2.75) is 13.2 Å². The van der Waals surface area contributed by atoms with Crippen molar-refractivity contribution in [2.24, 2.45) is 0 Å². The molecule has 0 saturated carbocycles. The van der Waals surface area contributed by atoms with Crippen LogP contribution in [0.5, 0.6) is 11.5 Å². The maximum Gasteiger partial charge on any atom is 0.267 e. The summed E-state index contributed by atoms with van der Waals surface area (Å²) in [5.74, 6) is 0.869. The Kier molecular flexibility index (Phi) is 7.38. The molecule has 0 bridgehead atoms. The molecule has 30 heavy (non-hydrogen) atoms. The summed E-state index contributed by atoms with van der Waals surface area (Å²) < 4.78 is 10.7. The summed E-state index contributed by atoms with van der Waals surface area (Å²) in [6.07, 6.45) is 6.28.